The Hall–Kier alpha value is -1.36. The Labute approximate surface area is 140 Å². The van der Waals surface area contributed by atoms with E-state index < -0.39 is 0 Å². The Bertz CT molecular complexity index is 580. The zero-order valence-electron chi connectivity index (χ0n) is 12.3. The molecule has 0 spiro atoms. The van der Waals surface area contributed by atoms with Gasteiger partial charge >= 0.3 is 0 Å². The fraction of sp³-hybridized carbons (Fsp3) is 0.278. The SMILES string of the molecule is C[C@H](c1ccccc1)[C@@H](C)CC(=O)Nc1ccc(I)cc1. The van der Waals surface area contributed by atoms with Crippen LogP contribution in [-0.4, -0.2) is 5.91 Å². The summed E-state index contributed by atoms with van der Waals surface area (Å²) in [4.78, 5) is 12.1. The van der Waals surface area contributed by atoms with Crippen LogP contribution in [0.25, 0.3) is 0 Å². The molecule has 110 valence electrons. The Morgan fingerprint density at radius 2 is 1.67 bits per heavy atom. The van der Waals surface area contributed by atoms with Crippen molar-refractivity contribution in [2.75, 3.05) is 5.32 Å². The normalized spacial score (nSPS) is 13.5. The minimum absolute atomic E-state index is 0.0755. The Morgan fingerprint density at radius 3 is 2.29 bits per heavy atom. The van der Waals surface area contributed by atoms with E-state index in [0.29, 0.717) is 18.3 Å². The first kappa shape index (κ1) is 16.0. The second-order valence-corrected chi connectivity index (χ2v) is 6.68. The molecular formula is C18H20INO. The van der Waals surface area contributed by atoms with Crippen molar-refractivity contribution in [3.8, 4) is 0 Å². The van der Waals surface area contributed by atoms with Crippen molar-refractivity contribution >= 4 is 34.2 Å². The minimum atomic E-state index is 0.0755. The van der Waals surface area contributed by atoms with E-state index in [2.05, 4.69) is 53.9 Å². The maximum absolute atomic E-state index is 12.1. The molecule has 2 atom stereocenters. The van der Waals surface area contributed by atoms with E-state index in [1.165, 1.54) is 5.56 Å². The van der Waals surface area contributed by atoms with E-state index in [4.69, 9.17) is 0 Å². The van der Waals surface area contributed by atoms with Crippen LogP contribution in [0.2, 0.25) is 0 Å². The largest absolute Gasteiger partial charge is 0.326 e. The summed E-state index contributed by atoms with van der Waals surface area (Å²) in [5.41, 5.74) is 2.15. The van der Waals surface area contributed by atoms with Gasteiger partial charge in [-0.1, -0.05) is 44.2 Å². The number of amides is 1. The van der Waals surface area contributed by atoms with E-state index in [0.717, 1.165) is 9.26 Å². The van der Waals surface area contributed by atoms with Crippen LogP contribution in [0.5, 0.6) is 0 Å². The molecule has 2 aromatic rings. The van der Waals surface area contributed by atoms with Crippen molar-refractivity contribution < 1.29 is 4.79 Å². The van der Waals surface area contributed by atoms with Crippen molar-refractivity contribution in [3.05, 3.63) is 63.7 Å². The van der Waals surface area contributed by atoms with Gasteiger partial charge in [0.05, 0.1) is 0 Å². The molecule has 0 unspecified atom stereocenters. The number of carbonyl (C=O) groups is 1. The Balaban J connectivity index is 1.91. The molecule has 2 rings (SSSR count). The van der Waals surface area contributed by atoms with E-state index in [1.807, 2.05) is 42.5 Å². The van der Waals surface area contributed by atoms with E-state index in [9.17, 15) is 4.79 Å². The van der Waals surface area contributed by atoms with Crippen molar-refractivity contribution in [1.82, 2.24) is 0 Å². The molecule has 0 bridgehead atoms. The van der Waals surface area contributed by atoms with Crippen LogP contribution in [0.3, 0.4) is 0 Å². The van der Waals surface area contributed by atoms with E-state index in [1.54, 1.807) is 0 Å². The molecule has 1 amide bonds. The smallest absolute Gasteiger partial charge is 0.224 e. The first-order valence-corrected chi connectivity index (χ1v) is 8.24. The number of hydrogen-bond donors (Lipinski definition) is 1. The number of rotatable bonds is 5. The number of benzene rings is 2. The molecule has 0 saturated heterocycles. The second-order valence-electron chi connectivity index (χ2n) is 5.44. The third-order valence-corrected chi connectivity index (χ3v) is 4.53. The van der Waals surface area contributed by atoms with Gasteiger partial charge in [0.2, 0.25) is 5.91 Å². The summed E-state index contributed by atoms with van der Waals surface area (Å²) in [6, 6.07) is 18.2. The van der Waals surface area contributed by atoms with Crippen LogP contribution >= 0.6 is 22.6 Å². The summed E-state index contributed by atoms with van der Waals surface area (Å²) >= 11 is 2.25. The molecule has 1 N–H and O–H groups in total. The lowest BCUT2D eigenvalue weighted by atomic mass is 9.86. The predicted molar refractivity (Wildman–Crippen MR) is 96.4 cm³/mol. The molecule has 21 heavy (non-hydrogen) atoms. The van der Waals surface area contributed by atoms with Gasteiger partial charge in [-0.2, -0.15) is 0 Å². The van der Waals surface area contributed by atoms with Gasteiger partial charge in [-0.3, -0.25) is 4.79 Å². The van der Waals surface area contributed by atoms with Crippen molar-refractivity contribution in [2.45, 2.75) is 26.2 Å². The third kappa shape index (κ3) is 4.84. The number of halogens is 1. The molecule has 0 aromatic heterocycles. The van der Waals surface area contributed by atoms with Crippen LogP contribution < -0.4 is 5.32 Å². The van der Waals surface area contributed by atoms with Gasteiger partial charge in [0.1, 0.15) is 0 Å². The molecule has 0 aliphatic heterocycles. The van der Waals surface area contributed by atoms with Gasteiger partial charge in [-0.15, -0.1) is 0 Å². The molecular weight excluding hydrogens is 373 g/mol. The molecule has 0 heterocycles. The number of anilines is 1. The third-order valence-electron chi connectivity index (χ3n) is 3.81. The van der Waals surface area contributed by atoms with Crippen molar-refractivity contribution in [1.29, 1.82) is 0 Å². The van der Waals surface area contributed by atoms with Crippen LogP contribution in [0, 0.1) is 9.49 Å². The van der Waals surface area contributed by atoms with Gasteiger partial charge in [0.15, 0.2) is 0 Å². The summed E-state index contributed by atoms with van der Waals surface area (Å²) in [6.45, 7) is 4.31. The zero-order valence-corrected chi connectivity index (χ0v) is 14.5. The maximum atomic E-state index is 12.1. The van der Waals surface area contributed by atoms with Crippen LogP contribution in [0.15, 0.2) is 54.6 Å². The van der Waals surface area contributed by atoms with Gasteiger partial charge in [-0.05, 0) is 64.3 Å². The minimum Gasteiger partial charge on any atom is -0.326 e. The fourth-order valence-electron chi connectivity index (χ4n) is 2.30. The highest BCUT2D eigenvalue weighted by atomic mass is 127. The molecule has 0 fully saturated rings. The van der Waals surface area contributed by atoms with Crippen LogP contribution in [0.1, 0.15) is 31.7 Å². The highest BCUT2D eigenvalue weighted by Crippen LogP contribution is 2.26. The second kappa shape index (κ2) is 7.59. The Kier molecular flexibility index (Phi) is 5.79. The highest BCUT2D eigenvalue weighted by molar-refractivity contribution is 14.1. The average Bonchev–Trinajstić information content (AvgIpc) is 2.49. The quantitative estimate of drug-likeness (QED) is 0.707. The fourth-order valence-corrected chi connectivity index (χ4v) is 2.66. The van der Waals surface area contributed by atoms with Gasteiger partial charge < -0.3 is 5.32 Å². The van der Waals surface area contributed by atoms with Crippen LogP contribution in [-0.2, 0) is 4.79 Å². The summed E-state index contributed by atoms with van der Waals surface area (Å²) in [5.74, 6) is 0.747. The van der Waals surface area contributed by atoms with Gasteiger partial charge in [-0.25, -0.2) is 0 Å². The van der Waals surface area contributed by atoms with Crippen LogP contribution in [0.4, 0.5) is 5.69 Å². The molecule has 0 aliphatic rings. The van der Waals surface area contributed by atoms with E-state index >= 15 is 0 Å². The highest BCUT2D eigenvalue weighted by Gasteiger charge is 2.17. The summed E-state index contributed by atoms with van der Waals surface area (Å²) in [5, 5.41) is 2.96. The predicted octanol–water partition coefficient (Wildman–Crippen LogP) is 5.06. The molecule has 2 aromatic carbocycles. The monoisotopic (exact) mass is 393 g/mol. The van der Waals surface area contributed by atoms with Gasteiger partial charge in [0.25, 0.3) is 0 Å². The first-order valence-electron chi connectivity index (χ1n) is 7.16. The summed E-state index contributed by atoms with van der Waals surface area (Å²) in [7, 11) is 0. The first-order chi connectivity index (χ1) is 10.1. The standard InChI is InChI=1S/C18H20INO/c1-13(14(2)15-6-4-3-5-7-15)12-18(21)20-17-10-8-16(19)9-11-17/h3-11,13-14H,12H2,1-2H3,(H,20,21)/t13-,14-/m0/s1. The summed E-state index contributed by atoms with van der Waals surface area (Å²) < 4.78 is 1.16. The lowest BCUT2D eigenvalue weighted by Crippen LogP contribution is -2.18. The van der Waals surface area contributed by atoms with Gasteiger partial charge in [0, 0.05) is 15.7 Å². The van der Waals surface area contributed by atoms with Crippen molar-refractivity contribution in [2.24, 2.45) is 5.92 Å². The maximum Gasteiger partial charge on any atom is 0.224 e. The number of carbonyl (C=O) groups excluding carboxylic acids is 1. The number of hydrogen-bond acceptors (Lipinski definition) is 1. The molecule has 0 radical (unpaired) electrons. The van der Waals surface area contributed by atoms with E-state index in [-0.39, 0.29) is 5.91 Å². The molecule has 3 heteroatoms. The summed E-state index contributed by atoms with van der Waals surface area (Å²) in [6.07, 6.45) is 0.530. The molecule has 2 nitrogen and oxygen atoms in total. The Morgan fingerprint density at radius 1 is 1.05 bits per heavy atom. The average molecular weight is 393 g/mol. The topological polar surface area (TPSA) is 29.1 Å². The lowest BCUT2D eigenvalue weighted by molar-refractivity contribution is -0.117. The van der Waals surface area contributed by atoms with Crippen molar-refractivity contribution in [3.63, 3.8) is 0 Å². The lowest BCUT2D eigenvalue weighted by Gasteiger charge is -2.20. The molecule has 0 aliphatic carbocycles. The molecule has 0 saturated carbocycles. The zero-order chi connectivity index (χ0) is 15.2. The number of nitrogens with one attached hydrogen (secondary N) is 1.